The van der Waals surface area contributed by atoms with Gasteiger partial charge >= 0.3 is 0 Å². The van der Waals surface area contributed by atoms with Crippen LogP contribution in [0.15, 0.2) is 55.1 Å². The summed E-state index contributed by atoms with van der Waals surface area (Å²) >= 11 is 1.51. The van der Waals surface area contributed by atoms with Gasteiger partial charge in [0, 0.05) is 41.6 Å². The molecule has 7 nitrogen and oxygen atoms in total. The summed E-state index contributed by atoms with van der Waals surface area (Å²) in [4.78, 5) is 30.1. The van der Waals surface area contributed by atoms with Gasteiger partial charge in [0.25, 0.3) is 0 Å². The number of Topliss-reactive ketones (excluding diaryl/α,β-unsaturated/α-hetero) is 1. The summed E-state index contributed by atoms with van der Waals surface area (Å²) in [6.45, 7) is 11.0. The number of pyridine rings is 1. The van der Waals surface area contributed by atoms with Crippen molar-refractivity contribution in [3.05, 3.63) is 60.0 Å². The Bertz CT molecular complexity index is 1480. The van der Waals surface area contributed by atoms with Crippen LogP contribution in [-0.4, -0.2) is 43.5 Å². The molecule has 37 heavy (non-hydrogen) atoms. The lowest BCUT2D eigenvalue weighted by Gasteiger charge is -2.14. The summed E-state index contributed by atoms with van der Waals surface area (Å²) in [5.74, 6) is 0.691. The van der Waals surface area contributed by atoms with Gasteiger partial charge in [-0.3, -0.25) is 9.59 Å². The van der Waals surface area contributed by atoms with Gasteiger partial charge in [-0.15, -0.1) is 11.3 Å². The van der Waals surface area contributed by atoms with Gasteiger partial charge in [0.2, 0.25) is 5.91 Å². The Balaban J connectivity index is 1.78. The second-order valence-electron chi connectivity index (χ2n) is 9.08. The fourth-order valence-corrected chi connectivity index (χ4v) is 5.11. The van der Waals surface area contributed by atoms with E-state index in [9.17, 15) is 9.59 Å². The zero-order valence-electron chi connectivity index (χ0n) is 21.5. The smallest absolute Gasteiger partial charge is 0.247 e. The van der Waals surface area contributed by atoms with Gasteiger partial charge < -0.3 is 20.1 Å². The molecule has 4 aromatic rings. The van der Waals surface area contributed by atoms with E-state index in [4.69, 9.17) is 14.5 Å². The van der Waals surface area contributed by atoms with Gasteiger partial charge in [-0.1, -0.05) is 20.4 Å². The molecule has 192 valence electrons. The Morgan fingerprint density at radius 2 is 1.95 bits per heavy atom. The number of fused-ring (bicyclic) bond motifs is 3. The number of carbonyl (C=O) groups is 2. The van der Waals surface area contributed by atoms with Crippen LogP contribution in [0.3, 0.4) is 0 Å². The summed E-state index contributed by atoms with van der Waals surface area (Å²) in [6.07, 6.45) is 1.21. The lowest BCUT2D eigenvalue weighted by atomic mass is 10.0. The molecule has 0 aliphatic heterocycles. The number of anilines is 2. The molecule has 2 aromatic heterocycles. The van der Waals surface area contributed by atoms with Crippen molar-refractivity contribution in [3.8, 4) is 17.0 Å². The van der Waals surface area contributed by atoms with Crippen molar-refractivity contribution < 1.29 is 19.1 Å². The molecule has 1 amide bonds. The number of hydrogen-bond donors (Lipinski definition) is 2. The number of nitrogens with zero attached hydrogens (tertiary/aromatic N) is 1. The number of amides is 1. The molecular formula is C29H31N3O4S. The van der Waals surface area contributed by atoms with Crippen molar-refractivity contribution in [3.63, 3.8) is 0 Å². The zero-order chi connectivity index (χ0) is 26.5. The number of aromatic nitrogens is 1. The van der Waals surface area contributed by atoms with Crippen LogP contribution in [0.2, 0.25) is 0 Å². The van der Waals surface area contributed by atoms with E-state index in [0.29, 0.717) is 30.6 Å². The Hall–Kier alpha value is -3.75. The minimum Gasteiger partial charge on any atom is -0.489 e. The summed E-state index contributed by atoms with van der Waals surface area (Å²) in [6, 6.07) is 13.6. The second-order valence-corrected chi connectivity index (χ2v) is 10.1. The topological polar surface area (TPSA) is 89.6 Å². The predicted molar refractivity (Wildman–Crippen MR) is 152 cm³/mol. The molecule has 0 aliphatic carbocycles. The Morgan fingerprint density at radius 3 is 2.65 bits per heavy atom. The maximum absolute atomic E-state index is 12.4. The number of thiophene rings is 1. The highest BCUT2D eigenvalue weighted by Crippen LogP contribution is 2.41. The third kappa shape index (κ3) is 5.81. The molecule has 2 aromatic carbocycles. The van der Waals surface area contributed by atoms with Crippen molar-refractivity contribution >= 4 is 55.4 Å². The maximum Gasteiger partial charge on any atom is 0.247 e. The maximum atomic E-state index is 12.4. The number of ketones is 1. The average molecular weight is 518 g/mol. The van der Waals surface area contributed by atoms with Crippen LogP contribution in [0, 0.1) is 5.92 Å². The molecule has 0 fully saturated rings. The molecule has 0 spiro atoms. The summed E-state index contributed by atoms with van der Waals surface area (Å²) < 4.78 is 11.9. The molecular weight excluding hydrogens is 486 g/mol. The molecule has 8 heteroatoms. The first kappa shape index (κ1) is 26.3. The van der Waals surface area contributed by atoms with Crippen molar-refractivity contribution in [2.45, 2.75) is 20.8 Å². The van der Waals surface area contributed by atoms with Crippen LogP contribution in [0.1, 0.15) is 30.4 Å². The van der Waals surface area contributed by atoms with E-state index in [-0.39, 0.29) is 11.7 Å². The largest absolute Gasteiger partial charge is 0.489 e. The van der Waals surface area contributed by atoms with Crippen molar-refractivity contribution in [1.29, 1.82) is 0 Å². The Morgan fingerprint density at radius 1 is 1.14 bits per heavy atom. The average Bonchev–Trinajstić information content (AvgIpc) is 3.27. The zero-order valence-corrected chi connectivity index (χ0v) is 22.3. The van der Waals surface area contributed by atoms with Crippen LogP contribution < -0.4 is 15.4 Å². The van der Waals surface area contributed by atoms with Crippen LogP contribution in [0.4, 0.5) is 11.4 Å². The molecule has 4 rings (SSSR count). The molecule has 0 radical (unpaired) electrons. The third-order valence-corrected chi connectivity index (χ3v) is 7.05. The van der Waals surface area contributed by atoms with Gasteiger partial charge in [-0.25, -0.2) is 4.98 Å². The van der Waals surface area contributed by atoms with E-state index >= 15 is 0 Å². The number of rotatable bonds is 11. The first-order valence-electron chi connectivity index (χ1n) is 12.1. The highest BCUT2D eigenvalue weighted by Gasteiger charge is 2.19. The Labute approximate surface area is 220 Å². The minimum atomic E-state index is -0.331. The van der Waals surface area contributed by atoms with Gasteiger partial charge in [0.05, 0.1) is 34.1 Å². The van der Waals surface area contributed by atoms with Gasteiger partial charge in [0.1, 0.15) is 12.4 Å². The second kappa shape index (κ2) is 11.5. The molecule has 0 unspecified atom stereocenters. The normalized spacial score (nSPS) is 11.2. The van der Waals surface area contributed by atoms with Crippen LogP contribution in [0.5, 0.6) is 5.75 Å². The van der Waals surface area contributed by atoms with Gasteiger partial charge in [0.15, 0.2) is 5.78 Å². The van der Waals surface area contributed by atoms with E-state index < -0.39 is 0 Å². The summed E-state index contributed by atoms with van der Waals surface area (Å²) in [7, 11) is 1.60. The third-order valence-electron chi connectivity index (χ3n) is 5.79. The quantitative estimate of drug-likeness (QED) is 0.133. The number of methoxy groups -OCH3 is 1. The number of ether oxygens (including phenoxy) is 2. The highest BCUT2D eigenvalue weighted by molar-refractivity contribution is 7.21. The molecule has 0 atom stereocenters. The van der Waals surface area contributed by atoms with Crippen molar-refractivity contribution in [2.75, 3.05) is 37.5 Å². The molecule has 0 saturated carbocycles. The standard InChI is InChI=1S/C29H31N3O4S/c1-6-26(34)32-23-15-19(7-11-24(23)36-14-13-35-5)21-9-8-20-22(31-21)10-12-25-27(20)28(30-16-17(2)3)29(37-25)18(4)33/h6-12,15,17,30H,1,13-14,16H2,2-5H3,(H,32,34). The van der Waals surface area contributed by atoms with E-state index in [1.54, 1.807) is 14.0 Å². The number of hydrogen-bond acceptors (Lipinski definition) is 7. The fraction of sp³-hybridized carbons (Fsp3) is 0.276. The van der Waals surface area contributed by atoms with Crippen LogP contribution in [-0.2, 0) is 9.53 Å². The molecule has 0 aliphatic rings. The summed E-state index contributed by atoms with van der Waals surface area (Å²) in [5, 5.41) is 8.32. The summed E-state index contributed by atoms with van der Waals surface area (Å²) in [5.41, 5.74) is 3.81. The van der Waals surface area contributed by atoms with Crippen LogP contribution >= 0.6 is 11.3 Å². The van der Waals surface area contributed by atoms with E-state index in [0.717, 1.165) is 49.4 Å². The molecule has 0 saturated heterocycles. The number of nitrogens with one attached hydrogen (secondary N) is 2. The van der Waals surface area contributed by atoms with Crippen molar-refractivity contribution in [1.82, 2.24) is 4.98 Å². The predicted octanol–water partition coefficient (Wildman–Crippen LogP) is 6.54. The van der Waals surface area contributed by atoms with E-state index in [1.165, 1.54) is 17.4 Å². The van der Waals surface area contributed by atoms with Gasteiger partial charge in [-0.2, -0.15) is 0 Å². The molecule has 0 bridgehead atoms. The van der Waals surface area contributed by atoms with E-state index in [2.05, 4.69) is 31.1 Å². The van der Waals surface area contributed by atoms with E-state index in [1.807, 2.05) is 42.5 Å². The molecule has 2 N–H and O–H groups in total. The van der Waals surface area contributed by atoms with Crippen LogP contribution in [0.25, 0.3) is 32.2 Å². The lowest BCUT2D eigenvalue weighted by Crippen LogP contribution is -2.11. The SMILES string of the molecule is C=CC(=O)Nc1cc(-c2ccc3c(ccc4sc(C(C)=O)c(NCC(C)C)c43)n2)ccc1OCCOC. The minimum absolute atomic E-state index is 0.0482. The lowest BCUT2D eigenvalue weighted by molar-refractivity contribution is -0.111. The van der Waals surface area contributed by atoms with Gasteiger partial charge in [-0.05, 0) is 54.5 Å². The monoisotopic (exact) mass is 517 g/mol. The highest BCUT2D eigenvalue weighted by atomic mass is 32.1. The Kier molecular flexibility index (Phi) is 8.21. The fourth-order valence-electron chi connectivity index (χ4n) is 4.02. The number of benzene rings is 2. The number of carbonyl (C=O) groups excluding carboxylic acids is 2. The first-order valence-corrected chi connectivity index (χ1v) is 12.9. The van der Waals surface area contributed by atoms with Crippen molar-refractivity contribution in [2.24, 2.45) is 5.92 Å². The first-order chi connectivity index (χ1) is 17.8. The molecule has 2 heterocycles.